The van der Waals surface area contributed by atoms with Crippen LogP contribution in [0.25, 0.3) is 22.3 Å². The lowest BCUT2D eigenvalue weighted by Gasteiger charge is -2.10. The van der Waals surface area contributed by atoms with Gasteiger partial charge in [0, 0.05) is 10.6 Å². The molecular formula is C18H12ClNO4. The van der Waals surface area contributed by atoms with Crippen LogP contribution in [0, 0.1) is 11.3 Å². The fourth-order valence-electron chi connectivity index (χ4n) is 2.32. The molecule has 1 heterocycles. The van der Waals surface area contributed by atoms with Crippen molar-refractivity contribution >= 4 is 22.6 Å². The maximum Gasteiger partial charge on any atom is 0.235 e. The van der Waals surface area contributed by atoms with Crippen LogP contribution in [0.15, 0.2) is 51.7 Å². The molecule has 0 unspecified atom stereocenters. The molecule has 0 bridgehead atoms. The summed E-state index contributed by atoms with van der Waals surface area (Å²) in [5, 5.41) is 9.47. The summed E-state index contributed by atoms with van der Waals surface area (Å²) >= 11 is 5.95. The third-order valence-corrected chi connectivity index (χ3v) is 3.68. The van der Waals surface area contributed by atoms with E-state index >= 15 is 0 Å². The molecule has 0 saturated heterocycles. The molecule has 0 fully saturated rings. The maximum atomic E-state index is 12.7. The van der Waals surface area contributed by atoms with Crippen molar-refractivity contribution in [3.63, 3.8) is 0 Å². The van der Waals surface area contributed by atoms with Crippen LogP contribution < -0.4 is 14.9 Å². The molecule has 0 saturated carbocycles. The molecule has 0 aliphatic carbocycles. The number of methoxy groups -OCH3 is 1. The van der Waals surface area contributed by atoms with E-state index in [0.717, 1.165) is 0 Å². The fraction of sp³-hybridized carbons (Fsp3) is 0.111. The molecule has 3 rings (SSSR count). The van der Waals surface area contributed by atoms with Gasteiger partial charge in [0.25, 0.3) is 0 Å². The summed E-state index contributed by atoms with van der Waals surface area (Å²) < 4.78 is 16.3. The Labute approximate surface area is 142 Å². The van der Waals surface area contributed by atoms with Crippen molar-refractivity contribution in [1.29, 1.82) is 5.26 Å². The summed E-state index contributed by atoms with van der Waals surface area (Å²) in [6, 6.07) is 13.6. The molecule has 120 valence electrons. The molecule has 0 aliphatic rings. The Kier molecular flexibility index (Phi) is 4.41. The van der Waals surface area contributed by atoms with Gasteiger partial charge in [0.2, 0.25) is 11.2 Å². The van der Waals surface area contributed by atoms with Crippen LogP contribution in [0.1, 0.15) is 0 Å². The molecule has 0 spiro atoms. The SMILES string of the molecule is COc1ccc(-c2oc3ccc(Cl)cc3c(=O)c2OCC#N)cc1. The molecule has 24 heavy (non-hydrogen) atoms. The highest BCUT2D eigenvalue weighted by molar-refractivity contribution is 6.31. The summed E-state index contributed by atoms with van der Waals surface area (Å²) in [6.07, 6.45) is 0. The van der Waals surface area contributed by atoms with Gasteiger partial charge in [0.15, 0.2) is 12.4 Å². The van der Waals surface area contributed by atoms with Crippen molar-refractivity contribution in [2.24, 2.45) is 0 Å². The normalized spacial score (nSPS) is 10.4. The van der Waals surface area contributed by atoms with Crippen molar-refractivity contribution in [3.05, 3.63) is 57.7 Å². The Balaban J connectivity index is 2.26. The van der Waals surface area contributed by atoms with E-state index in [-0.39, 0.29) is 23.5 Å². The molecule has 6 heteroatoms. The summed E-state index contributed by atoms with van der Waals surface area (Å²) in [6.45, 7) is -0.264. The monoisotopic (exact) mass is 341 g/mol. The lowest BCUT2D eigenvalue weighted by molar-refractivity contribution is 0.356. The Hall–Kier alpha value is -2.97. The second-order valence-electron chi connectivity index (χ2n) is 4.91. The largest absolute Gasteiger partial charge is 0.497 e. The van der Waals surface area contributed by atoms with Gasteiger partial charge in [-0.1, -0.05) is 11.6 Å². The first-order valence-electron chi connectivity index (χ1n) is 7.04. The van der Waals surface area contributed by atoms with E-state index in [0.29, 0.717) is 27.3 Å². The van der Waals surface area contributed by atoms with Crippen LogP contribution in [0.4, 0.5) is 0 Å². The van der Waals surface area contributed by atoms with E-state index < -0.39 is 0 Å². The van der Waals surface area contributed by atoms with Crippen molar-refractivity contribution < 1.29 is 13.9 Å². The summed E-state index contributed by atoms with van der Waals surface area (Å²) in [7, 11) is 1.57. The van der Waals surface area contributed by atoms with Crippen LogP contribution in [-0.4, -0.2) is 13.7 Å². The zero-order valence-corrected chi connectivity index (χ0v) is 13.5. The molecule has 0 N–H and O–H groups in total. The van der Waals surface area contributed by atoms with Gasteiger partial charge in [-0.2, -0.15) is 5.26 Å². The molecule has 3 aromatic rings. The Morgan fingerprint density at radius 3 is 2.62 bits per heavy atom. The Morgan fingerprint density at radius 1 is 1.21 bits per heavy atom. The topological polar surface area (TPSA) is 72.5 Å². The van der Waals surface area contributed by atoms with Crippen molar-refractivity contribution in [3.8, 4) is 28.9 Å². The summed E-state index contributed by atoms with van der Waals surface area (Å²) in [5.74, 6) is 0.914. The van der Waals surface area contributed by atoms with Crippen LogP contribution >= 0.6 is 11.6 Å². The van der Waals surface area contributed by atoms with E-state index in [2.05, 4.69) is 0 Å². The van der Waals surface area contributed by atoms with Crippen molar-refractivity contribution in [2.75, 3.05) is 13.7 Å². The highest BCUT2D eigenvalue weighted by Crippen LogP contribution is 2.32. The summed E-state index contributed by atoms with van der Waals surface area (Å²) in [5.41, 5.74) is 0.650. The molecule has 0 atom stereocenters. The predicted octanol–water partition coefficient (Wildman–Crippen LogP) is 4.02. The molecule has 1 aromatic heterocycles. The number of nitrogens with zero attached hydrogens (tertiary/aromatic N) is 1. The van der Waals surface area contributed by atoms with E-state index in [1.165, 1.54) is 6.07 Å². The third-order valence-electron chi connectivity index (χ3n) is 3.44. The number of fused-ring (bicyclic) bond motifs is 1. The number of hydrogen-bond donors (Lipinski definition) is 0. The minimum atomic E-state index is -0.375. The fourth-order valence-corrected chi connectivity index (χ4v) is 2.49. The number of benzene rings is 2. The number of halogens is 1. The molecule has 0 amide bonds. The number of ether oxygens (including phenoxy) is 2. The van der Waals surface area contributed by atoms with Crippen LogP contribution in [-0.2, 0) is 0 Å². The smallest absolute Gasteiger partial charge is 0.235 e. The second kappa shape index (κ2) is 6.65. The lowest BCUT2D eigenvalue weighted by Crippen LogP contribution is -2.10. The standard InChI is InChI=1S/C18H12ClNO4/c1-22-13-5-2-11(3-6-13)17-18(23-9-8-20)16(21)14-10-12(19)4-7-15(14)24-17/h2-7,10H,9H2,1H3. The van der Waals surface area contributed by atoms with Crippen LogP contribution in [0.3, 0.4) is 0 Å². The number of rotatable bonds is 4. The van der Waals surface area contributed by atoms with Gasteiger partial charge in [0.1, 0.15) is 17.4 Å². The minimum Gasteiger partial charge on any atom is -0.497 e. The van der Waals surface area contributed by atoms with Gasteiger partial charge in [-0.25, -0.2) is 0 Å². The second-order valence-corrected chi connectivity index (χ2v) is 5.34. The van der Waals surface area contributed by atoms with Crippen LogP contribution in [0.2, 0.25) is 5.02 Å². The minimum absolute atomic E-state index is 0.0171. The number of nitriles is 1. The van der Waals surface area contributed by atoms with Gasteiger partial charge < -0.3 is 13.9 Å². The average Bonchev–Trinajstić information content (AvgIpc) is 2.61. The highest BCUT2D eigenvalue weighted by atomic mass is 35.5. The molecular weight excluding hydrogens is 330 g/mol. The van der Waals surface area contributed by atoms with E-state index in [1.807, 2.05) is 6.07 Å². The van der Waals surface area contributed by atoms with Crippen molar-refractivity contribution in [2.45, 2.75) is 0 Å². The van der Waals surface area contributed by atoms with Gasteiger partial charge >= 0.3 is 0 Å². The number of hydrogen-bond acceptors (Lipinski definition) is 5. The van der Waals surface area contributed by atoms with Gasteiger partial charge in [-0.3, -0.25) is 4.79 Å². The Bertz CT molecular complexity index is 987. The highest BCUT2D eigenvalue weighted by Gasteiger charge is 2.18. The first-order valence-corrected chi connectivity index (χ1v) is 7.42. The maximum absolute atomic E-state index is 12.7. The molecule has 0 radical (unpaired) electrons. The lowest BCUT2D eigenvalue weighted by atomic mass is 10.1. The quantitative estimate of drug-likeness (QED) is 0.716. The Morgan fingerprint density at radius 2 is 1.96 bits per heavy atom. The summed E-state index contributed by atoms with van der Waals surface area (Å²) in [4.78, 5) is 12.7. The zero-order valence-electron chi connectivity index (χ0n) is 12.7. The molecule has 2 aromatic carbocycles. The molecule has 5 nitrogen and oxygen atoms in total. The van der Waals surface area contributed by atoms with Crippen molar-refractivity contribution in [1.82, 2.24) is 0 Å². The first-order chi connectivity index (χ1) is 11.6. The van der Waals surface area contributed by atoms with E-state index in [1.54, 1.807) is 43.5 Å². The predicted molar refractivity (Wildman–Crippen MR) is 90.6 cm³/mol. The van der Waals surface area contributed by atoms with Gasteiger partial charge in [-0.15, -0.1) is 0 Å². The van der Waals surface area contributed by atoms with E-state index in [9.17, 15) is 4.79 Å². The van der Waals surface area contributed by atoms with Gasteiger partial charge in [0.05, 0.1) is 12.5 Å². The van der Waals surface area contributed by atoms with Crippen LogP contribution in [0.5, 0.6) is 11.5 Å². The molecule has 0 aliphatic heterocycles. The first kappa shape index (κ1) is 15.9. The third kappa shape index (κ3) is 2.92. The van der Waals surface area contributed by atoms with Gasteiger partial charge in [-0.05, 0) is 42.5 Å². The average molecular weight is 342 g/mol. The zero-order chi connectivity index (χ0) is 17.1. The van der Waals surface area contributed by atoms with E-state index in [4.69, 9.17) is 30.8 Å².